The summed E-state index contributed by atoms with van der Waals surface area (Å²) in [7, 11) is 0. The third-order valence-electron chi connectivity index (χ3n) is 3.66. The fraction of sp³-hybridized carbons (Fsp3) is 0.450. The molecule has 1 amide bonds. The lowest BCUT2D eigenvalue weighted by Gasteiger charge is -2.20. The van der Waals surface area contributed by atoms with Crippen LogP contribution in [0.3, 0.4) is 0 Å². The molecule has 1 heterocycles. The number of hydrogen-bond acceptors (Lipinski definition) is 4. The van der Waals surface area contributed by atoms with Crippen LogP contribution in [0.2, 0.25) is 0 Å². The maximum absolute atomic E-state index is 12.0. The minimum Gasteiger partial charge on any atom is -0.439 e. The van der Waals surface area contributed by atoms with Crippen molar-refractivity contribution in [3.8, 4) is 11.6 Å². The molecule has 2 aromatic rings. The Morgan fingerprint density at radius 2 is 1.92 bits per heavy atom. The minimum atomic E-state index is -0.117. The zero-order valence-electron chi connectivity index (χ0n) is 15.9. The first kappa shape index (κ1) is 18.9. The predicted octanol–water partition coefficient (Wildman–Crippen LogP) is 4.44. The highest BCUT2D eigenvalue weighted by atomic mass is 16.5. The summed E-state index contributed by atoms with van der Waals surface area (Å²) in [6, 6.07) is 8.97. The summed E-state index contributed by atoms with van der Waals surface area (Å²) < 4.78 is 5.94. The quantitative estimate of drug-likeness (QED) is 0.873. The van der Waals surface area contributed by atoms with Gasteiger partial charge in [0.05, 0.1) is 5.69 Å². The molecule has 0 unspecified atom stereocenters. The van der Waals surface area contributed by atoms with Gasteiger partial charge in [0.15, 0.2) is 0 Å². The Labute approximate surface area is 149 Å². The van der Waals surface area contributed by atoms with E-state index in [-0.39, 0.29) is 17.2 Å². The van der Waals surface area contributed by atoms with E-state index in [0.29, 0.717) is 23.7 Å². The van der Waals surface area contributed by atoms with Crippen molar-refractivity contribution in [2.24, 2.45) is 0 Å². The van der Waals surface area contributed by atoms with E-state index in [4.69, 9.17) is 4.74 Å². The van der Waals surface area contributed by atoms with Crippen LogP contribution in [0.15, 0.2) is 30.3 Å². The Morgan fingerprint density at radius 1 is 1.20 bits per heavy atom. The number of carbonyl (C=O) groups excluding carboxylic acids is 1. The maximum atomic E-state index is 12.0. The molecule has 0 saturated heterocycles. The molecule has 5 nitrogen and oxygen atoms in total. The largest absolute Gasteiger partial charge is 0.439 e. The van der Waals surface area contributed by atoms with Crippen LogP contribution in [0.1, 0.15) is 69.3 Å². The van der Waals surface area contributed by atoms with Crippen LogP contribution in [0, 0.1) is 0 Å². The van der Waals surface area contributed by atoms with Gasteiger partial charge in [-0.1, -0.05) is 40.7 Å². The predicted molar refractivity (Wildman–Crippen MR) is 99.3 cm³/mol. The van der Waals surface area contributed by atoms with Gasteiger partial charge in [-0.05, 0) is 25.1 Å². The van der Waals surface area contributed by atoms with Gasteiger partial charge in [0.25, 0.3) is 5.91 Å². The van der Waals surface area contributed by atoms with E-state index < -0.39 is 0 Å². The smallest absolute Gasteiger partial charge is 0.251 e. The van der Waals surface area contributed by atoms with Crippen LogP contribution < -0.4 is 10.1 Å². The molecular formula is C20H27N3O2. The van der Waals surface area contributed by atoms with E-state index in [1.807, 2.05) is 19.1 Å². The molecule has 134 valence electrons. The lowest BCUT2D eigenvalue weighted by Crippen LogP contribution is -2.22. The van der Waals surface area contributed by atoms with E-state index in [2.05, 4.69) is 49.9 Å². The van der Waals surface area contributed by atoms with E-state index in [1.54, 1.807) is 18.2 Å². The fourth-order valence-corrected chi connectivity index (χ4v) is 2.22. The Bertz CT molecular complexity index is 749. The summed E-state index contributed by atoms with van der Waals surface area (Å²) in [5.41, 5.74) is 1.39. The van der Waals surface area contributed by atoms with Crippen molar-refractivity contribution in [1.82, 2.24) is 15.3 Å². The molecule has 5 heteroatoms. The minimum absolute atomic E-state index is 0.104. The zero-order valence-corrected chi connectivity index (χ0v) is 15.9. The third-order valence-corrected chi connectivity index (χ3v) is 3.66. The lowest BCUT2D eigenvalue weighted by molar-refractivity contribution is 0.0955. The average molecular weight is 341 g/mol. The number of nitrogens with one attached hydrogen (secondary N) is 1. The third kappa shape index (κ3) is 5.02. The molecule has 0 aliphatic rings. The summed E-state index contributed by atoms with van der Waals surface area (Å²) in [5, 5.41) is 2.79. The highest BCUT2D eigenvalue weighted by molar-refractivity contribution is 5.94. The van der Waals surface area contributed by atoms with Crippen molar-refractivity contribution in [3.63, 3.8) is 0 Å². The Morgan fingerprint density at radius 3 is 2.52 bits per heavy atom. The van der Waals surface area contributed by atoms with Gasteiger partial charge in [-0.25, -0.2) is 4.98 Å². The summed E-state index contributed by atoms with van der Waals surface area (Å²) >= 11 is 0. The topological polar surface area (TPSA) is 64.1 Å². The van der Waals surface area contributed by atoms with Crippen LogP contribution >= 0.6 is 0 Å². The number of carbonyl (C=O) groups is 1. The van der Waals surface area contributed by atoms with Crippen molar-refractivity contribution >= 4 is 5.91 Å². The number of ether oxygens (including phenoxy) is 1. The summed E-state index contributed by atoms with van der Waals surface area (Å²) in [6.07, 6.45) is 0. The number of benzene rings is 1. The molecule has 0 saturated carbocycles. The monoisotopic (exact) mass is 341 g/mol. The van der Waals surface area contributed by atoms with E-state index in [9.17, 15) is 4.79 Å². The lowest BCUT2D eigenvalue weighted by atomic mass is 9.92. The molecule has 0 aliphatic carbocycles. The molecule has 0 radical (unpaired) electrons. The molecule has 25 heavy (non-hydrogen) atoms. The van der Waals surface area contributed by atoms with Crippen LogP contribution in [0.5, 0.6) is 11.6 Å². The molecule has 0 atom stereocenters. The van der Waals surface area contributed by atoms with Crippen LogP contribution in [-0.2, 0) is 5.41 Å². The molecule has 2 rings (SSSR count). The zero-order chi connectivity index (χ0) is 18.6. The van der Waals surface area contributed by atoms with Gasteiger partial charge in [-0.15, -0.1) is 0 Å². The number of hydrogen-bond donors (Lipinski definition) is 1. The fourth-order valence-electron chi connectivity index (χ4n) is 2.22. The van der Waals surface area contributed by atoms with Gasteiger partial charge < -0.3 is 10.1 Å². The number of rotatable bonds is 5. The summed E-state index contributed by atoms with van der Waals surface area (Å²) in [4.78, 5) is 21.2. The Kier molecular flexibility index (Phi) is 5.77. The van der Waals surface area contributed by atoms with Crippen molar-refractivity contribution in [2.45, 2.75) is 52.9 Å². The molecule has 1 aromatic carbocycles. The Hall–Kier alpha value is -2.43. The number of nitrogens with zero attached hydrogens (tertiary/aromatic N) is 2. The normalized spacial score (nSPS) is 11.5. The second kappa shape index (κ2) is 7.64. The molecule has 0 bridgehead atoms. The number of amides is 1. The SMILES string of the molecule is CCNC(=O)c1cccc(Oc2cc(C(C)(C)C)nc(C(C)C)n2)c1. The maximum Gasteiger partial charge on any atom is 0.251 e. The van der Waals surface area contributed by atoms with Crippen LogP contribution in [0.25, 0.3) is 0 Å². The van der Waals surface area contributed by atoms with Gasteiger partial charge in [-0.3, -0.25) is 4.79 Å². The van der Waals surface area contributed by atoms with Gasteiger partial charge in [0, 0.05) is 29.5 Å². The molecular weight excluding hydrogens is 314 g/mol. The molecule has 1 N–H and O–H groups in total. The van der Waals surface area contributed by atoms with Crippen molar-refractivity contribution in [1.29, 1.82) is 0 Å². The van der Waals surface area contributed by atoms with E-state index >= 15 is 0 Å². The van der Waals surface area contributed by atoms with Crippen molar-refractivity contribution in [3.05, 3.63) is 47.4 Å². The average Bonchev–Trinajstić information content (AvgIpc) is 2.54. The van der Waals surface area contributed by atoms with Gasteiger partial charge in [0.2, 0.25) is 5.88 Å². The second-order valence-corrected chi connectivity index (χ2v) is 7.34. The Balaban J connectivity index is 2.35. The first-order chi connectivity index (χ1) is 11.7. The first-order valence-corrected chi connectivity index (χ1v) is 8.66. The molecule has 0 fully saturated rings. The standard InChI is InChI=1S/C20H27N3O2/c1-7-21-19(24)14-9-8-10-15(11-14)25-17-12-16(20(4,5)6)22-18(23-17)13(2)3/h8-13H,7H2,1-6H3,(H,21,24). The van der Waals surface area contributed by atoms with Gasteiger partial charge >= 0.3 is 0 Å². The molecule has 0 aliphatic heterocycles. The van der Waals surface area contributed by atoms with Crippen LogP contribution in [0.4, 0.5) is 0 Å². The van der Waals surface area contributed by atoms with Crippen molar-refractivity contribution in [2.75, 3.05) is 6.54 Å². The summed E-state index contributed by atoms with van der Waals surface area (Å²) in [5.74, 6) is 1.91. The van der Waals surface area contributed by atoms with Gasteiger partial charge in [-0.2, -0.15) is 4.98 Å². The van der Waals surface area contributed by atoms with E-state index in [1.165, 1.54) is 0 Å². The highest BCUT2D eigenvalue weighted by Crippen LogP contribution is 2.28. The highest BCUT2D eigenvalue weighted by Gasteiger charge is 2.20. The van der Waals surface area contributed by atoms with E-state index in [0.717, 1.165) is 11.5 Å². The molecule has 1 aromatic heterocycles. The van der Waals surface area contributed by atoms with Crippen molar-refractivity contribution < 1.29 is 9.53 Å². The first-order valence-electron chi connectivity index (χ1n) is 8.66. The summed E-state index contributed by atoms with van der Waals surface area (Å²) in [6.45, 7) is 12.9. The van der Waals surface area contributed by atoms with Gasteiger partial charge in [0.1, 0.15) is 11.6 Å². The van der Waals surface area contributed by atoms with Crippen LogP contribution in [-0.4, -0.2) is 22.4 Å². The molecule has 0 spiro atoms. The number of aromatic nitrogens is 2. The second-order valence-electron chi connectivity index (χ2n) is 7.34.